The maximum atomic E-state index is 0. The molecule has 0 amide bonds. The van der Waals surface area contributed by atoms with Crippen LogP contribution in [0.2, 0.25) is 0 Å². The first kappa shape index (κ1) is 204. The second-order valence-electron chi connectivity index (χ2n) is 0. The summed E-state index contributed by atoms with van der Waals surface area (Å²) in [6, 6.07) is 0. The minimum atomic E-state index is 0. The molecular weight excluding hydrogens is 362 g/mol. The molecule has 0 unspecified atom stereocenters. The van der Waals surface area contributed by atoms with Gasteiger partial charge in [-0.3, -0.25) is 0 Å². The third kappa shape index (κ3) is 97.5. The normalized spacial score (nSPS) is 0. The van der Waals surface area contributed by atoms with E-state index in [0.29, 0.717) is 0 Å². The summed E-state index contributed by atoms with van der Waals surface area (Å²) in [7, 11) is 0. The van der Waals surface area contributed by atoms with Crippen LogP contribution in [-0.2, 0) is 54.6 Å². The summed E-state index contributed by atoms with van der Waals surface area (Å²) in [6.45, 7) is 0. The van der Waals surface area contributed by atoms with Crippen molar-refractivity contribution >= 4 is 0 Å². The van der Waals surface area contributed by atoms with Gasteiger partial charge in [0, 0.05) is 54.6 Å². The molecule has 0 heterocycles. The molecule has 0 saturated carbocycles. The van der Waals surface area contributed by atoms with E-state index < -0.39 is 0 Å². The molecule has 0 atom stereocenters. The third-order valence-electron chi connectivity index (χ3n) is 0. The Bertz CT molecular complexity index is 11.7. The third-order valence-corrected chi connectivity index (χ3v) is 0. The molecule has 56 valence electrons. The Labute approximate surface area is 76.3 Å². The number of rotatable bonds is 0. The van der Waals surface area contributed by atoms with Gasteiger partial charge in [-0.25, -0.2) is 0 Å². The van der Waals surface area contributed by atoms with Crippen molar-refractivity contribution in [3.8, 4) is 0 Å². The number of hydrogen-bond donors (Lipinski definition) is 0. The van der Waals surface area contributed by atoms with E-state index in [0.717, 1.165) is 0 Å². The van der Waals surface area contributed by atoms with Gasteiger partial charge in [-0.1, -0.05) is 0 Å². The fourth-order valence-electron chi connectivity index (χ4n) is 0. The van der Waals surface area contributed by atoms with E-state index in [9.17, 15) is 0 Å². The fourth-order valence-corrected chi connectivity index (χ4v) is 0. The summed E-state index contributed by atoms with van der Waals surface area (Å²) in [4.78, 5) is 0. The van der Waals surface area contributed by atoms with Gasteiger partial charge in [-0.2, -0.15) is 0 Å². The van der Waals surface area contributed by atoms with Crippen LogP contribution in [-0.4, -0.2) is 21.9 Å². The van der Waals surface area contributed by atoms with Crippen LogP contribution >= 0.6 is 0 Å². The van der Waals surface area contributed by atoms with Crippen LogP contribution in [0.5, 0.6) is 0 Å². The van der Waals surface area contributed by atoms with Crippen molar-refractivity contribution in [2.45, 2.75) is 0 Å². The maximum Gasteiger partial charge on any atom is 0 e. The van der Waals surface area contributed by atoms with Crippen LogP contribution in [0, 0.1) is 0 Å². The predicted octanol–water partition coefficient (Wildman–Crippen LogP) is -3.31. The molecule has 0 aliphatic carbocycles. The van der Waals surface area contributed by atoms with Gasteiger partial charge in [0.2, 0.25) is 0 Å². The Morgan fingerprint density at radius 3 is 0.571 bits per heavy atom. The summed E-state index contributed by atoms with van der Waals surface area (Å²) in [5.74, 6) is 0. The van der Waals surface area contributed by atoms with Crippen LogP contribution in [0.4, 0.5) is 0 Å². The van der Waals surface area contributed by atoms with Gasteiger partial charge in [0.05, 0.1) is 0 Å². The summed E-state index contributed by atoms with van der Waals surface area (Å²) >= 11 is 0. The van der Waals surface area contributed by atoms with E-state index in [1.807, 2.05) is 0 Å². The second-order valence-corrected chi connectivity index (χ2v) is 0. The van der Waals surface area contributed by atoms with Crippen LogP contribution < -0.4 is 0 Å². The van der Waals surface area contributed by atoms with Gasteiger partial charge >= 0.3 is 0 Å². The van der Waals surface area contributed by atoms with Crippen molar-refractivity contribution in [1.82, 2.24) is 0 Å². The Morgan fingerprint density at radius 2 is 0.571 bits per heavy atom. The molecule has 0 aromatic carbocycles. The largest absolute Gasteiger partial charge is 0.412 e. The van der Waals surface area contributed by atoms with Crippen molar-refractivity contribution in [2.75, 3.05) is 0 Å². The van der Waals surface area contributed by atoms with Gasteiger partial charge in [-0.05, 0) is 0 Å². The Morgan fingerprint density at radius 1 is 0.571 bits per heavy atom. The summed E-state index contributed by atoms with van der Waals surface area (Å²) < 4.78 is 0. The molecule has 0 rings (SSSR count). The topological polar surface area (TPSA) is 126 Å². The average molecular weight is 370 g/mol. The standard InChI is InChI=1S/Fe.Ni.4H2O.W/h;;4*1H2;. The molecule has 0 fully saturated rings. The van der Waals surface area contributed by atoms with E-state index in [2.05, 4.69) is 0 Å². The molecule has 0 radical (unpaired) electrons. The molecule has 0 aliphatic rings. The molecule has 0 aromatic rings. The Kier molecular flexibility index (Phi) is 3970. The monoisotopic (exact) mass is 370 g/mol. The fraction of sp³-hybridized carbons (Fsp3) is 0. The van der Waals surface area contributed by atoms with E-state index in [1.54, 1.807) is 0 Å². The van der Waals surface area contributed by atoms with Gasteiger partial charge < -0.3 is 21.9 Å². The molecule has 8 N–H and O–H groups in total. The van der Waals surface area contributed by atoms with Gasteiger partial charge in [0.25, 0.3) is 0 Å². The minimum absolute atomic E-state index is 0. The van der Waals surface area contributed by atoms with Crippen molar-refractivity contribution in [2.24, 2.45) is 0 Å². The predicted molar refractivity (Wildman–Crippen MR) is 14.5 cm³/mol. The molecule has 4 nitrogen and oxygen atoms in total. The van der Waals surface area contributed by atoms with E-state index in [1.165, 1.54) is 0 Å². The first-order valence-corrected chi connectivity index (χ1v) is 0. The SMILES string of the molecule is O.O.O.O.[Fe].[Ni].[W]. The van der Waals surface area contributed by atoms with Crippen molar-refractivity contribution in [1.29, 1.82) is 0 Å². The minimum Gasteiger partial charge on any atom is -0.412 e. The van der Waals surface area contributed by atoms with E-state index in [-0.39, 0.29) is 76.5 Å². The molecule has 0 aliphatic heterocycles. The Balaban J connectivity index is 0. The smallest absolute Gasteiger partial charge is 0 e. The first-order chi connectivity index (χ1) is 0. The zero-order valence-corrected chi connectivity index (χ0v) is 8.10. The molecule has 0 bridgehead atoms. The summed E-state index contributed by atoms with van der Waals surface area (Å²) in [5, 5.41) is 0. The maximum absolute atomic E-state index is 0. The first-order valence-electron chi connectivity index (χ1n) is 0. The molecule has 0 spiro atoms. The zero-order valence-electron chi connectivity index (χ0n) is 3.08. The average Bonchev–Trinajstić information content (AvgIpc) is 0. The van der Waals surface area contributed by atoms with Crippen molar-refractivity contribution < 1.29 is 76.5 Å². The molecule has 0 saturated heterocycles. The summed E-state index contributed by atoms with van der Waals surface area (Å²) in [6.07, 6.45) is 0. The molecule has 7 heavy (non-hydrogen) atoms. The zero-order chi connectivity index (χ0) is 0. The van der Waals surface area contributed by atoms with Gasteiger partial charge in [0.1, 0.15) is 0 Å². The van der Waals surface area contributed by atoms with Crippen molar-refractivity contribution in [3.05, 3.63) is 0 Å². The van der Waals surface area contributed by atoms with Gasteiger partial charge in [-0.15, -0.1) is 0 Å². The van der Waals surface area contributed by atoms with Gasteiger partial charge in [0.15, 0.2) is 0 Å². The number of hydrogen-bond acceptors (Lipinski definition) is 0. The molecular formula is H8FeNiO4W. The van der Waals surface area contributed by atoms with E-state index >= 15 is 0 Å². The Hall–Kier alpha value is 1.54. The summed E-state index contributed by atoms with van der Waals surface area (Å²) in [5.41, 5.74) is 0. The molecule has 7 heteroatoms. The van der Waals surface area contributed by atoms with Crippen molar-refractivity contribution in [3.63, 3.8) is 0 Å². The second kappa shape index (κ2) is 136. The van der Waals surface area contributed by atoms with Crippen LogP contribution in [0.1, 0.15) is 0 Å². The van der Waals surface area contributed by atoms with Crippen LogP contribution in [0.25, 0.3) is 0 Å². The van der Waals surface area contributed by atoms with Crippen LogP contribution in [0.15, 0.2) is 0 Å². The molecule has 0 aromatic heterocycles. The quantitative estimate of drug-likeness (QED) is 0.396. The van der Waals surface area contributed by atoms with Crippen LogP contribution in [0.3, 0.4) is 0 Å². The van der Waals surface area contributed by atoms with E-state index in [4.69, 9.17) is 0 Å².